The second-order valence-corrected chi connectivity index (χ2v) is 5.30. The van der Waals surface area contributed by atoms with Crippen molar-refractivity contribution in [3.05, 3.63) is 48.0 Å². The minimum atomic E-state index is -4.66. The fourth-order valence-corrected chi connectivity index (χ4v) is 2.44. The highest BCUT2D eigenvalue weighted by atomic mass is 35.5. The predicted octanol–water partition coefficient (Wildman–Crippen LogP) is 4.97. The van der Waals surface area contributed by atoms with Crippen molar-refractivity contribution in [2.24, 2.45) is 0 Å². The SMILES string of the molecule is COc1cc2ncnc(Nc3cc(F)cc(C(F)(F)F)c3)c2cc1OC.Cl. The lowest BCUT2D eigenvalue weighted by Crippen LogP contribution is -2.06. The molecule has 144 valence electrons. The summed E-state index contributed by atoms with van der Waals surface area (Å²) in [6, 6.07) is 5.37. The summed E-state index contributed by atoms with van der Waals surface area (Å²) in [4.78, 5) is 8.13. The second kappa shape index (κ2) is 7.83. The van der Waals surface area contributed by atoms with E-state index in [0.29, 0.717) is 28.5 Å². The van der Waals surface area contributed by atoms with Gasteiger partial charge in [-0.1, -0.05) is 0 Å². The molecule has 5 nitrogen and oxygen atoms in total. The first kappa shape index (κ1) is 20.5. The highest BCUT2D eigenvalue weighted by Crippen LogP contribution is 2.36. The minimum absolute atomic E-state index is 0. The van der Waals surface area contributed by atoms with Gasteiger partial charge in [-0.25, -0.2) is 14.4 Å². The molecule has 27 heavy (non-hydrogen) atoms. The molecule has 2 aromatic carbocycles. The Labute approximate surface area is 157 Å². The number of hydrogen-bond acceptors (Lipinski definition) is 5. The molecule has 3 rings (SSSR count). The zero-order chi connectivity index (χ0) is 18.9. The normalized spacial score (nSPS) is 11.0. The van der Waals surface area contributed by atoms with Crippen LogP contribution in [0.25, 0.3) is 10.9 Å². The van der Waals surface area contributed by atoms with E-state index in [1.165, 1.54) is 20.5 Å². The van der Waals surface area contributed by atoms with E-state index in [1.807, 2.05) is 0 Å². The molecule has 0 fully saturated rings. The number of anilines is 2. The number of methoxy groups -OCH3 is 2. The first-order valence-electron chi connectivity index (χ1n) is 7.33. The van der Waals surface area contributed by atoms with Crippen molar-refractivity contribution in [3.63, 3.8) is 0 Å². The third-order valence-corrected chi connectivity index (χ3v) is 3.63. The van der Waals surface area contributed by atoms with Crippen LogP contribution in [0.15, 0.2) is 36.7 Å². The third kappa shape index (κ3) is 4.30. The van der Waals surface area contributed by atoms with Crippen LogP contribution in [-0.2, 0) is 6.18 Å². The quantitative estimate of drug-likeness (QED) is 0.623. The fraction of sp³-hybridized carbons (Fsp3) is 0.176. The number of halogens is 5. The largest absolute Gasteiger partial charge is 0.493 e. The van der Waals surface area contributed by atoms with Crippen molar-refractivity contribution in [3.8, 4) is 11.5 Å². The van der Waals surface area contributed by atoms with E-state index < -0.39 is 17.6 Å². The van der Waals surface area contributed by atoms with Crippen molar-refractivity contribution in [2.75, 3.05) is 19.5 Å². The Kier molecular flexibility index (Phi) is 5.94. The monoisotopic (exact) mass is 403 g/mol. The number of hydrogen-bond donors (Lipinski definition) is 1. The first-order chi connectivity index (χ1) is 12.3. The zero-order valence-corrected chi connectivity index (χ0v) is 14.9. The molecule has 0 bridgehead atoms. The van der Waals surface area contributed by atoms with Gasteiger partial charge in [-0.2, -0.15) is 13.2 Å². The fourth-order valence-electron chi connectivity index (χ4n) is 2.44. The van der Waals surface area contributed by atoms with E-state index in [4.69, 9.17) is 9.47 Å². The predicted molar refractivity (Wildman–Crippen MR) is 94.6 cm³/mol. The molecule has 0 radical (unpaired) electrons. The number of aromatic nitrogens is 2. The summed E-state index contributed by atoms with van der Waals surface area (Å²) in [6.07, 6.45) is -3.43. The molecule has 1 aromatic heterocycles. The van der Waals surface area contributed by atoms with E-state index >= 15 is 0 Å². The molecule has 0 aliphatic carbocycles. The standard InChI is InChI=1S/C17H13F4N3O2.ClH/c1-25-14-6-12-13(7-15(14)26-2)22-8-23-16(12)24-11-4-9(17(19,20)21)3-10(18)5-11;/h3-8H,1-2H3,(H,22,23,24);1H. The van der Waals surface area contributed by atoms with Crippen LogP contribution >= 0.6 is 12.4 Å². The van der Waals surface area contributed by atoms with Gasteiger partial charge in [-0.15, -0.1) is 12.4 Å². The summed E-state index contributed by atoms with van der Waals surface area (Å²) in [6.45, 7) is 0. The van der Waals surface area contributed by atoms with Gasteiger partial charge in [-0.05, 0) is 24.3 Å². The van der Waals surface area contributed by atoms with Gasteiger partial charge in [-0.3, -0.25) is 0 Å². The van der Waals surface area contributed by atoms with Gasteiger partial charge < -0.3 is 14.8 Å². The van der Waals surface area contributed by atoms with Crippen LogP contribution in [0.4, 0.5) is 29.1 Å². The molecule has 0 unspecified atom stereocenters. The number of benzene rings is 2. The van der Waals surface area contributed by atoms with E-state index in [-0.39, 0.29) is 23.9 Å². The zero-order valence-electron chi connectivity index (χ0n) is 14.1. The van der Waals surface area contributed by atoms with Gasteiger partial charge in [0, 0.05) is 17.1 Å². The van der Waals surface area contributed by atoms with Gasteiger partial charge in [0.2, 0.25) is 0 Å². The summed E-state index contributed by atoms with van der Waals surface area (Å²) in [5.74, 6) is 0.0254. The number of rotatable bonds is 4. The topological polar surface area (TPSA) is 56.3 Å². The van der Waals surface area contributed by atoms with E-state index in [1.54, 1.807) is 12.1 Å². The maximum absolute atomic E-state index is 13.6. The Morgan fingerprint density at radius 2 is 1.59 bits per heavy atom. The van der Waals surface area contributed by atoms with Gasteiger partial charge >= 0.3 is 6.18 Å². The number of nitrogens with zero attached hydrogens (tertiary/aromatic N) is 2. The number of ether oxygens (including phenoxy) is 2. The second-order valence-electron chi connectivity index (χ2n) is 5.30. The lowest BCUT2D eigenvalue weighted by atomic mass is 10.1. The van der Waals surface area contributed by atoms with Crippen LogP contribution in [0.2, 0.25) is 0 Å². The molecular weight excluding hydrogens is 390 g/mol. The summed E-state index contributed by atoms with van der Waals surface area (Å²) in [7, 11) is 2.91. The Hall–Kier alpha value is -2.81. The molecule has 0 saturated carbocycles. The van der Waals surface area contributed by atoms with Gasteiger partial charge in [0.05, 0.1) is 25.3 Å². The van der Waals surface area contributed by atoms with Crippen LogP contribution in [-0.4, -0.2) is 24.2 Å². The molecule has 10 heteroatoms. The molecule has 0 saturated heterocycles. The van der Waals surface area contributed by atoms with Crippen LogP contribution in [0.1, 0.15) is 5.56 Å². The van der Waals surface area contributed by atoms with E-state index in [9.17, 15) is 17.6 Å². The first-order valence-corrected chi connectivity index (χ1v) is 7.33. The number of fused-ring (bicyclic) bond motifs is 1. The van der Waals surface area contributed by atoms with Crippen LogP contribution in [0.5, 0.6) is 11.5 Å². The molecule has 3 aromatic rings. The maximum Gasteiger partial charge on any atom is 0.416 e. The number of alkyl halides is 3. The molecule has 0 atom stereocenters. The van der Waals surface area contributed by atoms with E-state index in [2.05, 4.69) is 15.3 Å². The summed E-state index contributed by atoms with van der Waals surface area (Å²) in [5.41, 5.74) is -0.711. The summed E-state index contributed by atoms with van der Waals surface area (Å²) >= 11 is 0. The maximum atomic E-state index is 13.6. The molecule has 0 spiro atoms. The lowest BCUT2D eigenvalue weighted by molar-refractivity contribution is -0.137. The Morgan fingerprint density at radius 3 is 2.22 bits per heavy atom. The van der Waals surface area contributed by atoms with Crippen LogP contribution in [0.3, 0.4) is 0 Å². The van der Waals surface area contributed by atoms with E-state index in [0.717, 1.165) is 12.1 Å². The molecule has 1 heterocycles. The molecule has 0 aliphatic rings. The molecule has 0 amide bonds. The Bertz CT molecular complexity index is 967. The third-order valence-electron chi connectivity index (χ3n) is 3.63. The van der Waals surface area contributed by atoms with Gasteiger partial charge in [0.1, 0.15) is 18.0 Å². The van der Waals surface area contributed by atoms with Crippen molar-refractivity contribution >= 4 is 34.8 Å². The average molecular weight is 404 g/mol. The van der Waals surface area contributed by atoms with Crippen molar-refractivity contribution in [1.82, 2.24) is 9.97 Å². The highest BCUT2D eigenvalue weighted by molar-refractivity contribution is 5.93. The average Bonchev–Trinajstić information content (AvgIpc) is 2.59. The van der Waals surface area contributed by atoms with Crippen molar-refractivity contribution in [2.45, 2.75) is 6.18 Å². The van der Waals surface area contributed by atoms with Gasteiger partial charge in [0.15, 0.2) is 11.5 Å². The Morgan fingerprint density at radius 1 is 0.926 bits per heavy atom. The van der Waals surface area contributed by atoms with Crippen LogP contribution < -0.4 is 14.8 Å². The molecular formula is C17H14ClF4N3O2. The minimum Gasteiger partial charge on any atom is -0.493 e. The van der Waals surface area contributed by atoms with Crippen molar-refractivity contribution < 1.29 is 27.0 Å². The summed E-state index contributed by atoms with van der Waals surface area (Å²) in [5, 5.41) is 3.18. The number of nitrogens with one attached hydrogen (secondary N) is 1. The lowest BCUT2D eigenvalue weighted by Gasteiger charge is -2.13. The smallest absolute Gasteiger partial charge is 0.416 e. The summed E-state index contributed by atoms with van der Waals surface area (Å²) < 4.78 is 62.6. The molecule has 1 N–H and O–H groups in total. The molecule has 0 aliphatic heterocycles. The van der Waals surface area contributed by atoms with Crippen molar-refractivity contribution in [1.29, 1.82) is 0 Å². The Balaban J connectivity index is 0.00000261. The van der Waals surface area contributed by atoms with Gasteiger partial charge in [0.25, 0.3) is 0 Å². The highest BCUT2D eigenvalue weighted by Gasteiger charge is 2.31. The van der Waals surface area contributed by atoms with Crippen LogP contribution in [0, 0.1) is 5.82 Å².